The number of hydrogen-bond donors (Lipinski definition) is 4. The minimum atomic E-state index is -0.578. The Morgan fingerprint density at radius 3 is 1.83 bits per heavy atom. The molecule has 0 amide bonds. The molecule has 5 heteroatoms. The van der Waals surface area contributed by atoms with Gasteiger partial charge in [-0.05, 0) is 48.0 Å². The van der Waals surface area contributed by atoms with E-state index in [2.05, 4.69) is 19.9 Å². The van der Waals surface area contributed by atoms with Crippen LogP contribution < -0.4 is 9.96 Å². The molecule has 1 saturated heterocycles. The number of nitriles is 1. The van der Waals surface area contributed by atoms with Crippen LogP contribution in [-0.2, 0) is 0 Å². The molecule has 1 aliphatic rings. The maximum absolute atomic E-state index is 10.6. The van der Waals surface area contributed by atoms with E-state index in [1.807, 2.05) is 41.5 Å². The molecule has 3 unspecified atom stereocenters. The molecule has 0 aromatic heterocycles. The summed E-state index contributed by atoms with van der Waals surface area (Å²) in [6, 6.07) is 2.89. The van der Waals surface area contributed by atoms with Crippen LogP contribution in [-0.4, -0.2) is 45.6 Å². The Labute approximate surface area is 149 Å². The van der Waals surface area contributed by atoms with Crippen molar-refractivity contribution in [3.05, 3.63) is 0 Å². The molecule has 0 aliphatic carbocycles. The van der Waals surface area contributed by atoms with Crippen LogP contribution >= 0.6 is 0 Å². The van der Waals surface area contributed by atoms with Gasteiger partial charge in [-0.1, -0.05) is 20.8 Å². The normalized spacial score (nSPS) is 31.8. The molecule has 4 N–H and O–H groups in total. The van der Waals surface area contributed by atoms with Crippen LogP contribution in [0.3, 0.4) is 0 Å². The van der Waals surface area contributed by atoms with Crippen LogP contribution in [0, 0.1) is 11.3 Å². The van der Waals surface area contributed by atoms with E-state index in [0.717, 1.165) is 11.3 Å². The van der Waals surface area contributed by atoms with Crippen molar-refractivity contribution in [1.29, 1.82) is 5.26 Å². The van der Waals surface area contributed by atoms with Crippen LogP contribution in [0.2, 0.25) is 0 Å². The SMILES string of the molecule is CC.CCC(C)[NH+](CC(C)O)C1(C#N)CC(C)(C)[NH+](O)C(C)(C)C1. The minimum absolute atomic E-state index is 0.293. The number of aliphatic hydroxyl groups excluding tert-OH is 1. The number of quaternary nitrogens is 2. The van der Waals surface area contributed by atoms with Crippen molar-refractivity contribution in [2.45, 2.75) is 110 Å². The molecule has 0 spiro atoms. The number of hydroxylamine groups is 2. The second-order valence-corrected chi connectivity index (χ2v) is 8.55. The number of piperidine rings is 1. The lowest BCUT2D eigenvalue weighted by Crippen LogP contribution is -3.31. The first-order chi connectivity index (χ1) is 10.9. The van der Waals surface area contributed by atoms with Gasteiger partial charge in [0.25, 0.3) is 0 Å². The van der Waals surface area contributed by atoms with Gasteiger partial charge in [0.15, 0.2) is 5.54 Å². The van der Waals surface area contributed by atoms with Crippen LogP contribution in [0.15, 0.2) is 0 Å². The van der Waals surface area contributed by atoms with E-state index in [0.29, 0.717) is 30.5 Å². The molecular formula is C19H41N3O2+2. The monoisotopic (exact) mass is 343 g/mol. The number of aliphatic hydroxyl groups is 1. The van der Waals surface area contributed by atoms with Crippen LogP contribution in [0.25, 0.3) is 0 Å². The molecule has 5 nitrogen and oxygen atoms in total. The molecule has 1 fully saturated rings. The van der Waals surface area contributed by atoms with Crippen molar-refractivity contribution in [1.82, 2.24) is 0 Å². The smallest absolute Gasteiger partial charge is 0.197 e. The summed E-state index contributed by atoms with van der Waals surface area (Å²) in [4.78, 5) is 1.15. The van der Waals surface area contributed by atoms with Crippen molar-refractivity contribution < 1.29 is 20.3 Å². The first kappa shape index (κ1) is 23.3. The molecule has 24 heavy (non-hydrogen) atoms. The zero-order chi connectivity index (χ0) is 19.3. The zero-order valence-corrected chi connectivity index (χ0v) is 17.3. The van der Waals surface area contributed by atoms with E-state index < -0.39 is 22.7 Å². The fourth-order valence-corrected chi connectivity index (χ4v) is 4.47. The van der Waals surface area contributed by atoms with E-state index in [1.165, 1.54) is 0 Å². The molecule has 1 aliphatic heterocycles. The number of rotatable bonds is 5. The van der Waals surface area contributed by atoms with Gasteiger partial charge in [-0.2, -0.15) is 10.3 Å². The van der Waals surface area contributed by atoms with Gasteiger partial charge in [0.2, 0.25) is 0 Å². The highest BCUT2D eigenvalue weighted by Gasteiger charge is 2.61. The predicted molar refractivity (Wildman–Crippen MR) is 97.1 cm³/mol. The van der Waals surface area contributed by atoms with Gasteiger partial charge in [-0.25, -0.2) is 5.21 Å². The molecule has 1 heterocycles. The van der Waals surface area contributed by atoms with Gasteiger partial charge in [0, 0.05) is 0 Å². The lowest BCUT2D eigenvalue weighted by atomic mass is 9.69. The van der Waals surface area contributed by atoms with Crippen molar-refractivity contribution in [3.63, 3.8) is 0 Å². The highest BCUT2D eigenvalue weighted by atomic mass is 16.5. The maximum atomic E-state index is 10.6. The summed E-state index contributed by atoms with van der Waals surface area (Å²) in [7, 11) is 0. The molecule has 0 saturated carbocycles. The van der Waals surface area contributed by atoms with Crippen LogP contribution in [0.1, 0.15) is 81.6 Å². The maximum Gasteiger partial charge on any atom is 0.197 e. The third-order valence-electron chi connectivity index (χ3n) is 5.32. The van der Waals surface area contributed by atoms with E-state index >= 15 is 0 Å². The Kier molecular flexibility index (Phi) is 8.38. The first-order valence-electron chi connectivity index (χ1n) is 9.44. The molecule has 1 rings (SSSR count). The first-order valence-corrected chi connectivity index (χ1v) is 9.44. The molecule has 0 aromatic carbocycles. The Hall–Kier alpha value is -0.670. The third kappa shape index (κ3) is 4.92. The van der Waals surface area contributed by atoms with Crippen molar-refractivity contribution in [2.24, 2.45) is 0 Å². The fraction of sp³-hybridized carbons (Fsp3) is 0.947. The van der Waals surface area contributed by atoms with Gasteiger partial charge >= 0.3 is 0 Å². The average Bonchev–Trinajstić information content (AvgIpc) is 2.50. The zero-order valence-electron chi connectivity index (χ0n) is 17.3. The number of hydrogen-bond acceptors (Lipinski definition) is 3. The second-order valence-electron chi connectivity index (χ2n) is 8.55. The second kappa shape index (κ2) is 8.62. The predicted octanol–water partition coefficient (Wildman–Crippen LogP) is 0.964. The molecule has 0 radical (unpaired) electrons. The van der Waals surface area contributed by atoms with Crippen LogP contribution in [0.4, 0.5) is 0 Å². The molecule has 0 aromatic rings. The number of nitrogens with zero attached hydrogens (tertiary/aromatic N) is 1. The van der Waals surface area contributed by atoms with E-state index in [1.54, 1.807) is 6.92 Å². The lowest BCUT2D eigenvalue weighted by molar-refractivity contribution is -1.17. The van der Waals surface area contributed by atoms with Crippen molar-refractivity contribution in [2.75, 3.05) is 6.54 Å². The van der Waals surface area contributed by atoms with Crippen molar-refractivity contribution >= 4 is 0 Å². The molecular weight excluding hydrogens is 302 g/mol. The molecule has 3 atom stereocenters. The van der Waals surface area contributed by atoms with Crippen LogP contribution in [0.5, 0.6) is 0 Å². The minimum Gasteiger partial charge on any atom is -0.388 e. The molecule has 0 bridgehead atoms. The Morgan fingerprint density at radius 2 is 1.54 bits per heavy atom. The summed E-state index contributed by atoms with van der Waals surface area (Å²) in [6.45, 7) is 18.7. The standard InChI is InChI=1S/C17H33N3O2.C2H6/c1-8-13(2)19(9-14(3)21)17(12-18)10-15(4,5)20(22)16(6,7)11-17;1-2/h13-14,21-22H,8-11H2,1-7H3;1-2H3/p+2. The van der Waals surface area contributed by atoms with E-state index in [4.69, 9.17) is 0 Å². The highest BCUT2D eigenvalue weighted by molar-refractivity contribution is 5.09. The Morgan fingerprint density at radius 1 is 1.12 bits per heavy atom. The summed E-state index contributed by atoms with van der Waals surface area (Å²) in [5, 5.41) is 31.1. The largest absolute Gasteiger partial charge is 0.388 e. The quantitative estimate of drug-likeness (QED) is 0.601. The third-order valence-corrected chi connectivity index (χ3v) is 5.32. The number of nitrogens with one attached hydrogen (secondary N) is 2. The van der Waals surface area contributed by atoms with Gasteiger partial charge < -0.3 is 10.0 Å². The van der Waals surface area contributed by atoms with Gasteiger partial charge in [0.05, 0.1) is 18.9 Å². The van der Waals surface area contributed by atoms with E-state index in [9.17, 15) is 15.6 Å². The summed E-state index contributed by atoms with van der Waals surface area (Å²) in [5.41, 5.74) is -1.37. The highest BCUT2D eigenvalue weighted by Crippen LogP contribution is 2.30. The topological polar surface area (TPSA) is 73.1 Å². The summed E-state index contributed by atoms with van der Waals surface area (Å²) in [6.07, 6.45) is 1.76. The average molecular weight is 344 g/mol. The van der Waals surface area contributed by atoms with Gasteiger partial charge in [-0.15, -0.1) is 0 Å². The summed E-state index contributed by atoms with van der Waals surface area (Å²) < 4.78 is 0. The fourth-order valence-electron chi connectivity index (χ4n) is 4.47. The Bertz CT molecular complexity index is 409. The molecule has 142 valence electrons. The van der Waals surface area contributed by atoms with Crippen molar-refractivity contribution in [3.8, 4) is 6.07 Å². The van der Waals surface area contributed by atoms with E-state index in [-0.39, 0.29) is 0 Å². The summed E-state index contributed by atoms with van der Waals surface area (Å²) >= 11 is 0. The Balaban J connectivity index is 0.00000254. The van der Waals surface area contributed by atoms with Gasteiger partial charge in [-0.3, -0.25) is 0 Å². The van der Waals surface area contributed by atoms with Gasteiger partial charge in [0.1, 0.15) is 29.8 Å². The summed E-state index contributed by atoms with van der Waals surface area (Å²) in [5.74, 6) is 0. The lowest BCUT2D eigenvalue weighted by Gasteiger charge is -2.52.